The van der Waals surface area contributed by atoms with Gasteiger partial charge in [-0.25, -0.2) is 4.99 Å². The van der Waals surface area contributed by atoms with Gasteiger partial charge in [0.05, 0.1) is 17.9 Å². The molecule has 4 bridgehead atoms. The number of hydrogen-bond donors (Lipinski definition) is 1. The summed E-state index contributed by atoms with van der Waals surface area (Å²) in [6, 6.07) is 10.7. The molecule has 5 heteroatoms. The quantitative estimate of drug-likeness (QED) is 0.768. The minimum atomic E-state index is -0.561. The Morgan fingerprint density at radius 1 is 1.00 bits per heavy atom. The number of methoxy groups -OCH3 is 1. The lowest BCUT2D eigenvalue weighted by molar-refractivity contribution is -0.184. The third-order valence-corrected chi connectivity index (χ3v) is 8.39. The Morgan fingerprint density at radius 2 is 1.67 bits per heavy atom. The molecule has 5 saturated carbocycles. The molecule has 2 N–H and O–H groups in total. The van der Waals surface area contributed by atoms with Crippen molar-refractivity contribution in [1.29, 1.82) is 0 Å². The number of carbonyl (C=O) groups excluding carboxylic acids is 2. The molecule has 6 rings (SSSR count). The van der Waals surface area contributed by atoms with Gasteiger partial charge in [0.25, 0.3) is 5.91 Å². The second-order valence-electron chi connectivity index (χ2n) is 10.5. The molecule has 0 aromatic heterocycles. The molecule has 4 unspecified atom stereocenters. The van der Waals surface area contributed by atoms with Gasteiger partial charge >= 0.3 is 5.97 Å². The Morgan fingerprint density at radius 3 is 2.37 bits per heavy atom. The molecule has 0 radical (unpaired) electrons. The Labute approximate surface area is 178 Å². The number of ether oxygens (including phenoxy) is 1. The zero-order chi connectivity index (χ0) is 21.0. The molecule has 0 aliphatic heterocycles. The normalized spacial score (nSPS) is 39.6. The molecule has 5 aliphatic carbocycles. The third-order valence-electron chi connectivity index (χ3n) is 8.39. The van der Waals surface area contributed by atoms with Gasteiger partial charge in [-0.05, 0) is 81.1 Å². The van der Waals surface area contributed by atoms with Crippen LogP contribution in [-0.4, -0.2) is 30.7 Å². The first kappa shape index (κ1) is 19.9. The van der Waals surface area contributed by atoms with Gasteiger partial charge in [-0.15, -0.1) is 0 Å². The van der Waals surface area contributed by atoms with Crippen molar-refractivity contribution in [2.45, 2.75) is 75.7 Å². The molecule has 160 valence electrons. The molecule has 1 aromatic rings. The molecule has 5 nitrogen and oxygen atoms in total. The van der Waals surface area contributed by atoms with E-state index in [-0.39, 0.29) is 23.3 Å². The summed E-state index contributed by atoms with van der Waals surface area (Å²) in [5, 5.41) is 0. The van der Waals surface area contributed by atoms with Crippen molar-refractivity contribution in [2.75, 3.05) is 7.11 Å². The first-order valence-corrected chi connectivity index (χ1v) is 11.4. The fourth-order valence-corrected chi connectivity index (χ4v) is 7.58. The van der Waals surface area contributed by atoms with E-state index >= 15 is 0 Å². The highest BCUT2D eigenvalue weighted by Crippen LogP contribution is 2.70. The minimum Gasteiger partial charge on any atom is -0.469 e. The lowest BCUT2D eigenvalue weighted by atomic mass is 9.38. The summed E-state index contributed by atoms with van der Waals surface area (Å²) in [6.45, 7) is 0. The molecular weight excluding hydrogens is 376 g/mol. The summed E-state index contributed by atoms with van der Waals surface area (Å²) >= 11 is 0. The SMILES string of the molecule is COC(=O)C12CC3CC(C(=O)N=C4CCC(N)CC4)(C1)CC(c1ccccc1)(C3)C2. The van der Waals surface area contributed by atoms with E-state index in [1.165, 1.54) is 12.7 Å². The van der Waals surface area contributed by atoms with Crippen LogP contribution in [0.3, 0.4) is 0 Å². The van der Waals surface area contributed by atoms with E-state index in [9.17, 15) is 9.59 Å². The van der Waals surface area contributed by atoms with Gasteiger partial charge in [0.1, 0.15) is 0 Å². The molecule has 30 heavy (non-hydrogen) atoms. The van der Waals surface area contributed by atoms with Crippen LogP contribution in [0.2, 0.25) is 0 Å². The number of hydrogen-bond acceptors (Lipinski definition) is 4. The topological polar surface area (TPSA) is 81.8 Å². The standard InChI is InChI=1S/C25H32N2O3/c1-30-22(29)25-13-17-11-23(15-25,18-5-3-2-4-6-18)14-24(12-17,16-25)21(28)27-20-9-7-19(26)8-10-20/h2-6,17,19H,7-16,26H2,1H3. The minimum absolute atomic E-state index is 0.00524. The van der Waals surface area contributed by atoms with E-state index in [1.54, 1.807) is 0 Å². The number of esters is 1. The smallest absolute Gasteiger partial charge is 0.311 e. The van der Waals surface area contributed by atoms with E-state index in [2.05, 4.69) is 29.3 Å². The number of nitrogens with zero attached hydrogens (tertiary/aromatic N) is 1. The van der Waals surface area contributed by atoms with Crippen molar-refractivity contribution in [2.24, 2.45) is 27.5 Å². The molecular formula is C25H32N2O3. The monoisotopic (exact) mass is 408 g/mol. The van der Waals surface area contributed by atoms with Gasteiger partial charge in [-0.1, -0.05) is 30.3 Å². The van der Waals surface area contributed by atoms with Crippen LogP contribution in [0.5, 0.6) is 0 Å². The number of benzene rings is 1. The first-order valence-electron chi connectivity index (χ1n) is 11.4. The van der Waals surface area contributed by atoms with Crippen molar-refractivity contribution in [3.8, 4) is 0 Å². The summed E-state index contributed by atoms with van der Waals surface area (Å²) in [7, 11) is 1.48. The Hall–Kier alpha value is -2.01. The van der Waals surface area contributed by atoms with Crippen molar-refractivity contribution >= 4 is 17.6 Å². The van der Waals surface area contributed by atoms with Crippen molar-refractivity contribution in [1.82, 2.24) is 0 Å². The second-order valence-corrected chi connectivity index (χ2v) is 10.5. The molecule has 4 atom stereocenters. The summed E-state index contributed by atoms with van der Waals surface area (Å²) in [4.78, 5) is 31.4. The summed E-state index contributed by atoms with van der Waals surface area (Å²) < 4.78 is 5.30. The van der Waals surface area contributed by atoms with Crippen LogP contribution in [-0.2, 0) is 19.7 Å². The average molecular weight is 409 g/mol. The predicted molar refractivity (Wildman–Crippen MR) is 115 cm³/mol. The van der Waals surface area contributed by atoms with Gasteiger partial charge in [0, 0.05) is 11.8 Å². The number of rotatable bonds is 3. The predicted octanol–water partition coefficient (Wildman–Crippen LogP) is 3.94. The van der Waals surface area contributed by atoms with Crippen LogP contribution in [0.25, 0.3) is 0 Å². The van der Waals surface area contributed by atoms with E-state index in [1.807, 2.05) is 6.07 Å². The lowest BCUT2D eigenvalue weighted by Crippen LogP contribution is -2.63. The van der Waals surface area contributed by atoms with Crippen LogP contribution in [0, 0.1) is 16.7 Å². The number of amides is 1. The second kappa shape index (κ2) is 7.01. The number of nitrogens with two attached hydrogens (primary N) is 1. The highest BCUT2D eigenvalue weighted by Gasteiger charge is 2.68. The fraction of sp³-hybridized carbons (Fsp3) is 0.640. The molecule has 1 aromatic carbocycles. The van der Waals surface area contributed by atoms with Gasteiger partial charge in [-0.3, -0.25) is 9.59 Å². The van der Waals surface area contributed by atoms with Crippen LogP contribution in [0.1, 0.15) is 69.8 Å². The molecule has 1 amide bonds. The van der Waals surface area contributed by atoms with Gasteiger partial charge in [0.15, 0.2) is 0 Å². The average Bonchev–Trinajstić information content (AvgIpc) is 2.74. The maximum absolute atomic E-state index is 13.7. The summed E-state index contributed by atoms with van der Waals surface area (Å²) in [6.07, 6.45) is 8.37. The van der Waals surface area contributed by atoms with Gasteiger partial charge < -0.3 is 10.5 Å². The largest absolute Gasteiger partial charge is 0.469 e. The molecule has 0 saturated heterocycles. The Balaban J connectivity index is 1.55. The lowest BCUT2D eigenvalue weighted by Gasteiger charge is -2.64. The van der Waals surface area contributed by atoms with Gasteiger partial charge in [-0.2, -0.15) is 0 Å². The first-order chi connectivity index (χ1) is 14.4. The highest BCUT2D eigenvalue weighted by atomic mass is 16.5. The van der Waals surface area contributed by atoms with Crippen LogP contribution in [0.15, 0.2) is 35.3 Å². The van der Waals surface area contributed by atoms with Crippen LogP contribution in [0.4, 0.5) is 0 Å². The maximum atomic E-state index is 13.7. The zero-order valence-electron chi connectivity index (χ0n) is 17.9. The summed E-state index contributed by atoms with van der Waals surface area (Å²) in [5.41, 5.74) is 7.04. The number of aliphatic imine (C=N–C) groups is 1. The fourth-order valence-electron chi connectivity index (χ4n) is 7.58. The van der Waals surface area contributed by atoms with Gasteiger partial charge in [0.2, 0.25) is 0 Å². The molecule has 5 aliphatic rings. The third kappa shape index (κ3) is 3.05. The molecule has 0 spiro atoms. The summed E-state index contributed by atoms with van der Waals surface area (Å²) in [5.74, 6) is 0.232. The maximum Gasteiger partial charge on any atom is 0.311 e. The van der Waals surface area contributed by atoms with Crippen molar-refractivity contribution in [3.63, 3.8) is 0 Å². The number of carbonyl (C=O) groups is 2. The van der Waals surface area contributed by atoms with Crippen LogP contribution >= 0.6 is 0 Å². The van der Waals surface area contributed by atoms with E-state index in [0.29, 0.717) is 12.3 Å². The van der Waals surface area contributed by atoms with Crippen LogP contribution < -0.4 is 5.73 Å². The Bertz CT molecular complexity index is 887. The van der Waals surface area contributed by atoms with Crippen molar-refractivity contribution < 1.29 is 14.3 Å². The Kier molecular flexibility index (Phi) is 4.66. The molecule has 0 heterocycles. The van der Waals surface area contributed by atoms with E-state index in [4.69, 9.17) is 10.5 Å². The van der Waals surface area contributed by atoms with Crippen molar-refractivity contribution in [3.05, 3.63) is 35.9 Å². The van der Waals surface area contributed by atoms with E-state index < -0.39 is 10.8 Å². The van der Waals surface area contributed by atoms with E-state index in [0.717, 1.165) is 63.5 Å². The zero-order valence-corrected chi connectivity index (χ0v) is 17.9. The highest BCUT2D eigenvalue weighted by molar-refractivity contribution is 5.99. The molecule has 5 fully saturated rings.